The van der Waals surface area contributed by atoms with Gasteiger partial charge in [-0.15, -0.1) is 0 Å². The molecule has 1 aliphatic rings. The molecule has 1 aromatic rings. The lowest BCUT2D eigenvalue weighted by molar-refractivity contribution is -0.136. The molecule has 1 heterocycles. The molecule has 0 saturated carbocycles. The van der Waals surface area contributed by atoms with Crippen molar-refractivity contribution in [1.82, 2.24) is 4.90 Å². The Morgan fingerprint density at radius 1 is 1.58 bits per heavy atom. The molecule has 0 spiro atoms. The summed E-state index contributed by atoms with van der Waals surface area (Å²) in [4.78, 5) is 14.0. The Kier molecular flexibility index (Phi) is 4.32. The maximum absolute atomic E-state index is 12.3. The number of nitrogen functional groups attached to an aromatic ring is 1. The number of nitrogens with two attached hydrogens (primary N) is 1. The van der Waals surface area contributed by atoms with Gasteiger partial charge in [-0.05, 0) is 37.1 Å². The fourth-order valence-corrected chi connectivity index (χ4v) is 2.57. The molecule has 1 aromatic carbocycles. The van der Waals surface area contributed by atoms with Gasteiger partial charge in [0, 0.05) is 30.9 Å². The van der Waals surface area contributed by atoms with E-state index >= 15 is 0 Å². The normalized spacial score (nSPS) is 22.5. The van der Waals surface area contributed by atoms with Crippen LogP contribution in [0.25, 0.3) is 0 Å². The van der Waals surface area contributed by atoms with E-state index in [9.17, 15) is 4.79 Å². The number of halogens is 1. The summed E-state index contributed by atoms with van der Waals surface area (Å²) in [7, 11) is 1.78. The van der Waals surface area contributed by atoms with Crippen molar-refractivity contribution in [2.24, 2.45) is 5.92 Å². The van der Waals surface area contributed by atoms with Gasteiger partial charge < -0.3 is 15.4 Å². The number of benzene rings is 1. The van der Waals surface area contributed by atoms with E-state index in [1.54, 1.807) is 30.1 Å². The molecule has 0 bridgehead atoms. The third-order valence-corrected chi connectivity index (χ3v) is 3.92. The molecule has 1 amide bonds. The zero-order valence-electron chi connectivity index (χ0n) is 11.2. The molecule has 4 nitrogen and oxygen atoms in total. The molecule has 2 unspecified atom stereocenters. The molecule has 2 rings (SSSR count). The summed E-state index contributed by atoms with van der Waals surface area (Å²) in [5.41, 5.74) is 7.26. The van der Waals surface area contributed by atoms with E-state index in [-0.39, 0.29) is 17.9 Å². The molecule has 1 saturated heterocycles. The molecule has 19 heavy (non-hydrogen) atoms. The van der Waals surface area contributed by atoms with Crippen molar-refractivity contribution in [3.05, 3.63) is 28.8 Å². The quantitative estimate of drug-likeness (QED) is 0.866. The first-order valence-electron chi connectivity index (χ1n) is 6.39. The van der Waals surface area contributed by atoms with E-state index in [2.05, 4.69) is 0 Å². The predicted octanol–water partition coefficient (Wildman–Crippen LogP) is 2.31. The Labute approximate surface area is 118 Å². The average molecular weight is 283 g/mol. The summed E-state index contributed by atoms with van der Waals surface area (Å²) in [6.07, 6.45) is 0.779. The van der Waals surface area contributed by atoms with Gasteiger partial charge in [0.05, 0.1) is 12.0 Å². The number of hydrogen-bond donors (Lipinski definition) is 1. The number of nitrogens with zero attached hydrogens (tertiary/aromatic N) is 1. The SMILES string of the molecule is CC1OCCC1C(=O)N(C)Cc1cc(N)ccc1Cl. The fraction of sp³-hybridized carbons (Fsp3) is 0.500. The van der Waals surface area contributed by atoms with Gasteiger partial charge in [-0.25, -0.2) is 0 Å². The van der Waals surface area contributed by atoms with Gasteiger partial charge in [-0.2, -0.15) is 0 Å². The van der Waals surface area contributed by atoms with Gasteiger partial charge in [0.1, 0.15) is 0 Å². The van der Waals surface area contributed by atoms with Gasteiger partial charge in [0.2, 0.25) is 5.91 Å². The Bertz CT molecular complexity index is 479. The minimum absolute atomic E-state index is 0.00809. The van der Waals surface area contributed by atoms with Crippen LogP contribution in [0.4, 0.5) is 5.69 Å². The van der Waals surface area contributed by atoms with Crippen molar-refractivity contribution in [3.63, 3.8) is 0 Å². The first-order valence-corrected chi connectivity index (χ1v) is 6.77. The van der Waals surface area contributed by atoms with E-state index in [0.29, 0.717) is 23.9 Å². The minimum Gasteiger partial charge on any atom is -0.399 e. The van der Waals surface area contributed by atoms with Crippen LogP contribution >= 0.6 is 11.6 Å². The third kappa shape index (κ3) is 3.19. The number of carbonyl (C=O) groups excluding carboxylic acids is 1. The van der Waals surface area contributed by atoms with Gasteiger partial charge in [0.25, 0.3) is 0 Å². The lowest BCUT2D eigenvalue weighted by Gasteiger charge is -2.23. The minimum atomic E-state index is -0.0511. The average Bonchev–Trinajstić information content (AvgIpc) is 2.79. The summed E-state index contributed by atoms with van der Waals surface area (Å²) in [6, 6.07) is 5.31. The van der Waals surface area contributed by atoms with Crippen LogP contribution in [0, 0.1) is 5.92 Å². The number of ether oxygens (including phenoxy) is 1. The Hall–Kier alpha value is -1.26. The fourth-order valence-electron chi connectivity index (χ4n) is 2.39. The Morgan fingerprint density at radius 3 is 2.95 bits per heavy atom. The molecule has 1 fully saturated rings. The van der Waals surface area contributed by atoms with Crippen molar-refractivity contribution >= 4 is 23.2 Å². The smallest absolute Gasteiger partial charge is 0.228 e. The second-order valence-corrected chi connectivity index (χ2v) is 5.42. The van der Waals surface area contributed by atoms with E-state index < -0.39 is 0 Å². The zero-order chi connectivity index (χ0) is 14.0. The second kappa shape index (κ2) is 5.80. The van der Waals surface area contributed by atoms with E-state index in [0.717, 1.165) is 12.0 Å². The van der Waals surface area contributed by atoms with Crippen LogP contribution in [0.1, 0.15) is 18.9 Å². The van der Waals surface area contributed by atoms with E-state index in [1.165, 1.54) is 0 Å². The van der Waals surface area contributed by atoms with Gasteiger partial charge in [-0.3, -0.25) is 4.79 Å². The van der Waals surface area contributed by atoms with Crippen LogP contribution in [-0.2, 0) is 16.1 Å². The standard InChI is InChI=1S/C14H19ClN2O2/c1-9-12(5-6-19-9)14(18)17(2)8-10-7-11(16)3-4-13(10)15/h3-4,7,9,12H,5-6,8,16H2,1-2H3. The number of carbonyl (C=O) groups is 1. The van der Waals surface area contributed by atoms with Crippen LogP contribution in [0.15, 0.2) is 18.2 Å². The molecule has 0 aromatic heterocycles. The van der Waals surface area contributed by atoms with Crippen LogP contribution in [0.5, 0.6) is 0 Å². The predicted molar refractivity (Wildman–Crippen MR) is 75.9 cm³/mol. The van der Waals surface area contributed by atoms with Crippen molar-refractivity contribution in [1.29, 1.82) is 0 Å². The van der Waals surface area contributed by atoms with Crippen LogP contribution in [0.3, 0.4) is 0 Å². The van der Waals surface area contributed by atoms with Crippen LogP contribution < -0.4 is 5.73 Å². The second-order valence-electron chi connectivity index (χ2n) is 5.02. The molecule has 2 atom stereocenters. The summed E-state index contributed by atoms with van der Waals surface area (Å²) >= 11 is 6.12. The number of amides is 1. The molecule has 1 aliphatic heterocycles. The molecule has 0 radical (unpaired) electrons. The monoisotopic (exact) mass is 282 g/mol. The molecule has 2 N–H and O–H groups in total. The van der Waals surface area contributed by atoms with Crippen molar-refractivity contribution in [3.8, 4) is 0 Å². The highest BCUT2D eigenvalue weighted by atomic mass is 35.5. The van der Waals surface area contributed by atoms with E-state index in [4.69, 9.17) is 22.1 Å². The molecular formula is C14H19ClN2O2. The molecule has 0 aliphatic carbocycles. The molecule has 104 valence electrons. The first-order chi connectivity index (χ1) is 8.99. The number of anilines is 1. The Balaban J connectivity index is 2.06. The largest absolute Gasteiger partial charge is 0.399 e. The van der Waals surface area contributed by atoms with Crippen LogP contribution in [-0.4, -0.2) is 30.6 Å². The van der Waals surface area contributed by atoms with E-state index in [1.807, 2.05) is 6.92 Å². The van der Waals surface area contributed by atoms with Gasteiger partial charge >= 0.3 is 0 Å². The van der Waals surface area contributed by atoms with Gasteiger partial charge in [-0.1, -0.05) is 11.6 Å². The number of hydrogen-bond acceptors (Lipinski definition) is 3. The molecule has 5 heteroatoms. The maximum atomic E-state index is 12.3. The summed E-state index contributed by atoms with van der Waals surface area (Å²) in [5, 5.41) is 0.629. The Morgan fingerprint density at radius 2 is 2.32 bits per heavy atom. The highest BCUT2D eigenvalue weighted by Crippen LogP contribution is 2.25. The number of rotatable bonds is 3. The molecular weight excluding hydrogens is 264 g/mol. The topological polar surface area (TPSA) is 55.6 Å². The third-order valence-electron chi connectivity index (χ3n) is 3.55. The van der Waals surface area contributed by atoms with Crippen molar-refractivity contribution in [2.45, 2.75) is 26.0 Å². The highest BCUT2D eigenvalue weighted by molar-refractivity contribution is 6.31. The van der Waals surface area contributed by atoms with Crippen LogP contribution in [0.2, 0.25) is 5.02 Å². The maximum Gasteiger partial charge on any atom is 0.228 e. The highest BCUT2D eigenvalue weighted by Gasteiger charge is 2.32. The lowest BCUT2D eigenvalue weighted by atomic mass is 10.0. The summed E-state index contributed by atoms with van der Waals surface area (Å²) < 4.78 is 5.44. The summed E-state index contributed by atoms with van der Waals surface area (Å²) in [5.74, 6) is 0.0494. The van der Waals surface area contributed by atoms with Crippen molar-refractivity contribution < 1.29 is 9.53 Å². The lowest BCUT2D eigenvalue weighted by Crippen LogP contribution is -2.35. The van der Waals surface area contributed by atoms with Crippen molar-refractivity contribution in [2.75, 3.05) is 19.4 Å². The van der Waals surface area contributed by atoms with Gasteiger partial charge in [0.15, 0.2) is 0 Å². The summed E-state index contributed by atoms with van der Waals surface area (Å²) in [6.45, 7) is 3.06. The zero-order valence-corrected chi connectivity index (χ0v) is 12.0. The first kappa shape index (κ1) is 14.2.